The lowest BCUT2D eigenvalue weighted by Gasteiger charge is -2.04. The zero-order valence-electron chi connectivity index (χ0n) is 10.6. The van der Waals surface area contributed by atoms with Crippen LogP contribution in [-0.4, -0.2) is 5.17 Å². The molecule has 0 aliphatic heterocycles. The molecule has 1 aromatic carbocycles. The van der Waals surface area contributed by atoms with Crippen LogP contribution in [0, 0.1) is 13.8 Å². The van der Waals surface area contributed by atoms with Crippen LogP contribution >= 0.6 is 23.2 Å². The number of halogens is 2. The second-order valence-electron chi connectivity index (χ2n) is 4.14. The molecule has 0 radical (unpaired) electrons. The summed E-state index contributed by atoms with van der Waals surface area (Å²) < 4.78 is 0. The van der Waals surface area contributed by atoms with Gasteiger partial charge in [0.05, 0.1) is 10.7 Å². The van der Waals surface area contributed by atoms with Gasteiger partial charge in [0.15, 0.2) is 0 Å². The molecule has 0 amide bonds. The number of aryl methyl sites for hydroxylation is 2. The smallest absolute Gasteiger partial charge is 0.148 e. The van der Waals surface area contributed by atoms with E-state index in [1.807, 2.05) is 32.9 Å². The van der Waals surface area contributed by atoms with E-state index in [1.165, 1.54) is 5.56 Å². The van der Waals surface area contributed by atoms with Gasteiger partial charge >= 0.3 is 0 Å². The molecule has 3 heteroatoms. The van der Waals surface area contributed by atoms with E-state index in [0.29, 0.717) is 10.2 Å². The third-order valence-corrected chi connectivity index (χ3v) is 3.53. The van der Waals surface area contributed by atoms with Crippen molar-refractivity contribution < 1.29 is 0 Å². The topological polar surface area (TPSA) is 12.4 Å². The fourth-order valence-electron chi connectivity index (χ4n) is 1.42. The first-order valence-corrected chi connectivity index (χ1v) is 6.38. The minimum atomic E-state index is 0.359. The lowest BCUT2D eigenvalue weighted by atomic mass is 10.1. The van der Waals surface area contributed by atoms with Crippen LogP contribution in [0.3, 0.4) is 0 Å². The second-order valence-corrected chi connectivity index (χ2v) is 4.88. The summed E-state index contributed by atoms with van der Waals surface area (Å²) in [6.45, 7) is 8.07. The Kier molecular flexibility index (Phi) is 5.23. The quantitative estimate of drug-likeness (QED) is 0.643. The number of allylic oxidation sites excluding steroid dienone is 2. The van der Waals surface area contributed by atoms with Crippen LogP contribution in [0.1, 0.15) is 31.4 Å². The largest absolute Gasteiger partial charge is 0.235 e. The van der Waals surface area contributed by atoms with Crippen LogP contribution < -0.4 is 0 Å². The Morgan fingerprint density at radius 1 is 1.24 bits per heavy atom. The van der Waals surface area contributed by atoms with E-state index in [4.69, 9.17) is 23.2 Å². The van der Waals surface area contributed by atoms with Crippen LogP contribution in [0.2, 0.25) is 0 Å². The highest BCUT2D eigenvalue weighted by molar-refractivity contribution is 6.76. The van der Waals surface area contributed by atoms with Crippen molar-refractivity contribution in [1.29, 1.82) is 0 Å². The van der Waals surface area contributed by atoms with Crippen molar-refractivity contribution in [3.8, 4) is 0 Å². The first-order valence-electron chi connectivity index (χ1n) is 5.62. The van der Waals surface area contributed by atoms with Gasteiger partial charge in [-0.05, 0) is 38.8 Å². The molecule has 0 aromatic heterocycles. The van der Waals surface area contributed by atoms with Gasteiger partial charge in [-0.25, -0.2) is 4.99 Å². The number of hydrogen-bond acceptors (Lipinski definition) is 1. The van der Waals surface area contributed by atoms with Gasteiger partial charge in [-0.1, -0.05) is 53.4 Å². The fraction of sp³-hybridized carbons (Fsp3) is 0.357. The van der Waals surface area contributed by atoms with Gasteiger partial charge in [0.1, 0.15) is 5.17 Å². The van der Waals surface area contributed by atoms with Crippen LogP contribution in [0.5, 0.6) is 0 Å². The molecule has 0 heterocycles. The molecule has 0 atom stereocenters. The molecule has 92 valence electrons. The van der Waals surface area contributed by atoms with Gasteiger partial charge in [-0.15, -0.1) is 0 Å². The normalized spacial score (nSPS) is 13.6. The molecule has 1 aromatic rings. The number of benzene rings is 1. The van der Waals surface area contributed by atoms with Crippen LogP contribution in [-0.2, 0) is 0 Å². The third-order valence-electron chi connectivity index (χ3n) is 2.66. The molecule has 1 rings (SSSR count). The number of aliphatic imine (C=N–C) groups is 1. The van der Waals surface area contributed by atoms with Crippen molar-refractivity contribution in [3.63, 3.8) is 0 Å². The number of rotatable bonds is 3. The molecule has 17 heavy (non-hydrogen) atoms. The molecule has 0 bridgehead atoms. The maximum atomic E-state index is 6.13. The molecule has 1 nitrogen and oxygen atoms in total. The first kappa shape index (κ1) is 14.3. The van der Waals surface area contributed by atoms with Gasteiger partial charge in [0, 0.05) is 0 Å². The Morgan fingerprint density at radius 2 is 1.88 bits per heavy atom. The summed E-state index contributed by atoms with van der Waals surface area (Å²) in [7, 11) is 0. The molecule has 0 fully saturated rings. The highest BCUT2D eigenvalue weighted by Crippen LogP contribution is 2.24. The highest BCUT2D eigenvalue weighted by Gasteiger charge is 2.05. The SMILES string of the molecule is CCC(C)=C(Cl)C(Cl)=Nc1ccc(C)cc1C. The van der Waals surface area contributed by atoms with Crippen LogP contribution in [0.4, 0.5) is 5.69 Å². The minimum absolute atomic E-state index is 0.359. The average molecular weight is 270 g/mol. The zero-order chi connectivity index (χ0) is 13.0. The van der Waals surface area contributed by atoms with Crippen molar-refractivity contribution in [1.82, 2.24) is 0 Å². The molecule has 0 N–H and O–H groups in total. The Hall–Kier alpha value is -0.790. The molecular weight excluding hydrogens is 253 g/mol. The summed E-state index contributed by atoms with van der Waals surface area (Å²) >= 11 is 12.2. The summed E-state index contributed by atoms with van der Waals surface area (Å²) in [5.74, 6) is 0. The Balaban J connectivity index is 3.11. The Labute approximate surface area is 113 Å². The summed E-state index contributed by atoms with van der Waals surface area (Å²) in [5.41, 5.74) is 4.22. The molecule has 0 aliphatic carbocycles. The van der Waals surface area contributed by atoms with E-state index in [1.54, 1.807) is 0 Å². The molecule has 0 unspecified atom stereocenters. The zero-order valence-corrected chi connectivity index (χ0v) is 12.2. The van der Waals surface area contributed by atoms with Crippen LogP contribution in [0.25, 0.3) is 0 Å². The summed E-state index contributed by atoms with van der Waals surface area (Å²) in [4.78, 5) is 4.36. The van der Waals surface area contributed by atoms with Crippen LogP contribution in [0.15, 0.2) is 33.8 Å². The number of nitrogens with zero attached hydrogens (tertiary/aromatic N) is 1. The van der Waals surface area contributed by atoms with Gasteiger partial charge in [0.25, 0.3) is 0 Å². The molecule has 0 saturated carbocycles. The third kappa shape index (κ3) is 3.86. The van der Waals surface area contributed by atoms with E-state index in [2.05, 4.69) is 18.0 Å². The lowest BCUT2D eigenvalue weighted by molar-refractivity contribution is 1.10. The fourth-order valence-corrected chi connectivity index (χ4v) is 1.85. The highest BCUT2D eigenvalue weighted by atomic mass is 35.5. The maximum Gasteiger partial charge on any atom is 0.148 e. The molecule has 0 aliphatic rings. The number of hydrogen-bond donors (Lipinski definition) is 0. The van der Waals surface area contributed by atoms with E-state index in [9.17, 15) is 0 Å². The molecular formula is C14H17Cl2N. The van der Waals surface area contributed by atoms with E-state index >= 15 is 0 Å². The molecule has 0 spiro atoms. The van der Waals surface area contributed by atoms with Gasteiger partial charge in [-0.3, -0.25) is 0 Å². The average Bonchev–Trinajstić information content (AvgIpc) is 2.30. The van der Waals surface area contributed by atoms with E-state index in [-0.39, 0.29) is 0 Å². The lowest BCUT2D eigenvalue weighted by Crippen LogP contribution is -1.91. The predicted molar refractivity (Wildman–Crippen MR) is 77.7 cm³/mol. The summed E-state index contributed by atoms with van der Waals surface area (Å²) in [5, 5.41) is 0.909. The Bertz CT molecular complexity index is 473. The minimum Gasteiger partial charge on any atom is -0.235 e. The van der Waals surface area contributed by atoms with Gasteiger partial charge < -0.3 is 0 Å². The van der Waals surface area contributed by atoms with Gasteiger partial charge in [0.2, 0.25) is 0 Å². The second kappa shape index (κ2) is 6.23. The van der Waals surface area contributed by atoms with Crippen molar-refractivity contribution in [3.05, 3.63) is 39.9 Å². The Morgan fingerprint density at radius 3 is 2.41 bits per heavy atom. The van der Waals surface area contributed by atoms with Crippen molar-refractivity contribution in [2.24, 2.45) is 4.99 Å². The standard InChI is InChI=1S/C14H17Cl2N/c1-5-10(3)13(15)14(16)17-12-7-6-9(2)8-11(12)4/h6-8H,5H2,1-4H3. The summed E-state index contributed by atoms with van der Waals surface area (Å²) in [6, 6.07) is 6.05. The van der Waals surface area contributed by atoms with Crippen molar-refractivity contribution >= 4 is 34.1 Å². The monoisotopic (exact) mass is 269 g/mol. The maximum absolute atomic E-state index is 6.13. The predicted octanol–water partition coefficient (Wildman–Crippen LogP) is 5.50. The molecule has 0 saturated heterocycles. The van der Waals surface area contributed by atoms with Crippen molar-refractivity contribution in [2.45, 2.75) is 34.1 Å². The van der Waals surface area contributed by atoms with E-state index < -0.39 is 0 Å². The summed E-state index contributed by atoms with van der Waals surface area (Å²) in [6.07, 6.45) is 0.872. The van der Waals surface area contributed by atoms with Gasteiger partial charge in [-0.2, -0.15) is 0 Å². The van der Waals surface area contributed by atoms with E-state index in [0.717, 1.165) is 23.2 Å². The first-order chi connectivity index (χ1) is 7.95. The van der Waals surface area contributed by atoms with Crippen molar-refractivity contribution in [2.75, 3.05) is 0 Å².